The molecule has 0 unspecified atom stereocenters. The first-order valence-electron chi connectivity index (χ1n) is 5.89. The molecule has 1 heterocycles. The van der Waals surface area contributed by atoms with Crippen molar-refractivity contribution in [1.82, 2.24) is 15.1 Å². The molecule has 6 nitrogen and oxygen atoms in total. The number of aromatic carboxylic acids is 1. The number of carboxylic acids is 1. The van der Waals surface area contributed by atoms with Gasteiger partial charge in [-0.05, 0) is 46.5 Å². The zero-order valence-corrected chi connectivity index (χ0v) is 11.3. The van der Waals surface area contributed by atoms with Crippen LogP contribution in [-0.4, -0.2) is 53.4 Å². The second-order valence-corrected chi connectivity index (χ2v) is 4.52. The van der Waals surface area contributed by atoms with Gasteiger partial charge in [0.1, 0.15) is 5.56 Å². The number of aryl methyl sites for hydroxylation is 1. The van der Waals surface area contributed by atoms with Crippen LogP contribution in [-0.2, 0) is 0 Å². The largest absolute Gasteiger partial charge is 0.478 e. The first-order valence-corrected chi connectivity index (χ1v) is 5.89. The Hall–Kier alpha value is -1.69. The van der Waals surface area contributed by atoms with E-state index in [9.17, 15) is 9.90 Å². The molecule has 0 spiro atoms. The standard InChI is InChI=1S/C12H20N4O2/c1-8-9(2)14-15-11(10(8)12(17)18)13-6-5-7-16(3)4/h5-7H2,1-4H3,(H,13,15)(H,17,18). The summed E-state index contributed by atoms with van der Waals surface area (Å²) in [6.45, 7) is 5.12. The van der Waals surface area contributed by atoms with E-state index in [0.29, 0.717) is 23.6 Å². The zero-order chi connectivity index (χ0) is 13.7. The van der Waals surface area contributed by atoms with E-state index in [1.807, 2.05) is 14.1 Å². The average molecular weight is 252 g/mol. The van der Waals surface area contributed by atoms with E-state index >= 15 is 0 Å². The van der Waals surface area contributed by atoms with Gasteiger partial charge in [0.2, 0.25) is 0 Å². The Labute approximate surface area is 107 Å². The smallest absolute Gasteiger partial charge is 0.339 e. The second kappa shape index (κ2) is 6.30. The van der Waals surface area contributed by atoms with Crippen molar-refractivity contribution in [1.29, 1.82) is 0 Å². The Bertz CT molecular complexity index is 432. The lowest BCUT2D eigenvalue weighted by molar-refractivity contribution is 0.0696. The maximum atomic E-state index is 11.2. The normalized spacial score (nSPS) is 10.7. The van der Waals surface area contributed by atoms with Crippen molar-refractivity contribution in [2.75, 3.05) is 32.5 Å². The van der Waals surface area contributed by atoms with Gasteiger partial charge in [-0.15, -0.1) is 5.10 Å². The van der Waals surface area contributed by atoms with Crippen LogP contribution in [0.3, 0.4) is 0 Å². The summed E-state index contributed by atoms with van der Waals surface area (Å²) in [5.41, 5.74) is 1.52. The lowest BCUT2D eigenvalue weighted by Gasteiger charge is -2.12. The minimum Gasteiger partial charge on any atom is -0.478 e. The van der Waals surface area contributed by atoms with Gasteiger partial charge in [0.25, 0.3) is 0 Å². The van der Waals surface area contributed by atoms with E-state index in [1.165, 1.54) is 0 Å². The molecule has 0 bridgehead atoms. The van der Waals surface area contributed by atoms with Crippen LogP contribution < -0.4 is 5.32 Å². The SMILES string of the molecule is Cc1nnc(NCCCN(C)C)c(C(=O)O)c1C. The van der Waals surface area contributed by atoms with E-state index in [0.717, 1.165) is 13.0 Å². The van der Waals surface area contributed by atoms with Crippen LogP contribution in [0.15, 0.2) is 0 Å². The topological polar surface area (TPSA) is 78.4 Å². The molecule has 1 rings (SSSR count). The van der Waals surface area contributed by atoms with Gasteiger partial charge >= 0.3 is 5.97 Å². The Morgan fingerprint density at radius 3 is 2.56 bits per heavy atom. The van der Waals surface area contributed by atoms with Gasteiger partial charge in [0.05, 0.1) is 5.69 Å². The van der Waals surface area contributed by atoms with E-state index in [1.54, 1.807) is 13.8 Å². The first kappa shape index (κ1) is 14.4. The van der Waals surface area contributed by atoms with Crippen LogP contribution in [0, 0.1) is 13.8 Å². The minimum absolute atomic E-state index is 0.215. The molecule has 1 aromatic heterocycles. The fraction of sp³-hybridized carbons (Fsp3) is 0.583. The van der Waals surface area contributed by atoms with Crippen LogP contribution in [0.4, 0.5) is 5.82 Å². The quantitative estimate of drug-likeness (QED) is 0.740. The van der Waals surface area contributed by atoms with E-state index < -0.39 is 5.97 Å². The number of rotatable bonds is 6. The first-order chi connectivity index (χ1) is 8.43. The third kappa shape index (κ3) is 3.66. The van der Waals surface area contributed by atoms with Crippen molar-refractivity contribution < 1.29 is 9.90 Å². The molecule has 1 aromatic rings. The van der Waals surface area contributed by atoms with E-state index in [2.05, 4.69) is 20.4 Å². The van der Waals surface area contributed by atoms with Gasteiger partial charge < -0.3 is 15.3 Å². The minimum atomic E-state index is -0.972. The van der Waals surface area contributed by atoms with Crippen LogP contribution in [0.2, 0.25) is 0 Å². The van der Waals surface area contributed by atoms with Gasteiger partial charge in [-0.1, -0.05) is 0 Å². The number of anilines is 1. The third-order valence-corrected chi connectivity index (χ3v) is 2.74. The number of nitrogens with one attached hydrogen (secondary N) is 1. The molecule has 0 atom stereocenters. The predicted octanol–water partition coefficient (Wildman–Crippen LogP) is 1.16. The van der Waals surface area contributed by atoms with Crippen LogP contribution in [0.5, 0.6) is 0 Å². The Morgan fingerprint density at radius 1 is 1.33 bits per heavy atom. The maximum absolute atomic E-state index is 11.2. The number of carbonyl (C=O) groups is 1. The molecule has 0 amide bonds. The highest BCUT2D eigenvalue weighted by molar-refractivity contribution is 5.94. The van der Waals surface area contributed by atoms with E-state index in [4.69, 9.17) is 0 Å². The molecule has 0 aliphatic heterocycles. The Morgan fingerprint density at radius 2 is 2.00 bits per heavy atom. The molecule has 2 N–H and O–H groups in total. The van der Waals surface area contributed by atoms with E-state index in [-0.39, 0.29) is 5.56 Å². The number of hydrogen-bond acceptors (Lipinski definition) is 5. The van der Waals surface area contributed by atoms with Crippen molar-refractivity contribution in [2.45, 2.75) is 20.3 Å². The van der Waals surface area contributed by atoms with Crippen LogP contribution >= 0.6 is 0 Å². The molecule has 0 fully saturated rings. The molecule has 6 heteroatoms. The van der Waals surface area contributed by atoms with Gasteiger partial charge in [0.15, 0.2) is 5.82 Å². The summed E-state index contributed by atoms with van der Waals surface area (Å²) in [4.78, 5) is 13.3. The molecule has 0 aliphatic rings. The molecule has 0 radical (unpaired) electrons. The van der Waals surface area contributed by atoms with Gasteiger partial charge in [-0.25, -0.2) is 4.79 Å². The predicted molar refractivity (Wildman–Crippen MR) is 70.1 cm³/mol. The molecule has 0 aliphatic carbocycles. The molecular weight excluding hydrogens is 232 g/mol. The van der Waals surface area contributed by atoms with Crippen LogP contribution in [0.25, 0.3) is 0 Å². The summed E-state index contributed by atoms with van der Waals surface area (Å²) in [7, 11) is 4.00. The molecule has 18 heavy (non-hydrogen) atoms. The maximum Gasteiger partial charge on any atom is 0.339 e. The molecule has 0 saturated heterocycles. The van der Waals surface area contributed by atoms with Gasteiger partial charge in [-0.3, -0.25) is 0 Å². The van der Waals surface area contributed by atoms with Gasteiger partial charge in [0, 0.05) is 6.54 Å². The third-order valence-electron chi connectivity index (χ3n) is 2.74. The second-order valence-electron chi connectivity index (χ2n) is 4.52. The molecule has 0 aromatic carbocycles. The highest BCUT2D eigenvalue weighted by Crippen LogP contribution is 2.18. The number of aromatic nitrogens is 2. The Balaban J connectivity index is 2.76. The van der Waals surface area contributed by atoms with Crippen molar-refractivity contribution in [3.63, 3.8) is 0 Å². The van der Waals surface area contributed by atoms with Crippen molar-refractivity contribution in [3.8, 4) is 0 Å². The highest BCUT2D eigenvalue weighted by atomic mass is 16.4. The summed E-state index contributed by atoms with van der Waals surface area (Å²) in [5.74, 6) is -0.620. The molecule has 0 saturated carbocycles. The lowest BCUT2D eigenvalue weighted by Crippen LogP contribution is -2.18. The fourth-order valence-electron chi connectivity index (χ4n) is 1.60. The monoisotopic (exact) mass is 252 g/mol. The Kier molecular flexibility index (Phi) is 5.03. The van der Waals surface area contributed by atoms with Crippen molar-refractivity contribution >= 4 is 11.8 Å². The molecular formula is C12H20N4O2. The van der Waals surface area contributed by atoms with Crippen molar-refractivity contribution in [3.05, 3.63) is 16.8 Å². The average Bonchev–Trinajstić information content (AvgIpc) is 2.28. The van der Waals surface area contributed by atoms with Gasteiger partial charge in [-0.2, -0.15) is 5.10 Å². The summed E-state index contributed by atoms with van der Waals surface area (Å²) in [5, 5.41) is 20.1. The summed E-state index contributed by atoms with van der Waals surface area (Å²) >= 11 is 0. The highest BCUT2D eigenvalue weighted by Gasteiger charge is 2.17. The summed E-state index contributed by atoms with van der Waals surface area (Å²) < 4.78 is 0. The lowest BCUT2D eigenvalue weighted by atomic mass is 10.1. The van der Waals surface area contributed by atoms with Crippen LogP contribution in [0.1, 0.15) is 28.0 Å². The number of nitrogens with zero attached hydrogens (tertiary/aromatic N) is 3. The fourth-order valence-corrected chi connectivity index (χ4v) is 1.60. The number of carboxylic acid groups (broad SMARTS) is 1. The number of hydrogen-bond donors (Lipinski definition) is 2. The zero-order valence-electron chi connectivity index (χ0n) is 11.3. The molecule has 100 valence electrons. The summed E-state index contributed by atoms with van der Waals surface area (Å²) in [6.07, 6.45) is 0.917. The summed E-state index contributed by atoms with van der Waals surface area (Å²) in [6, 6.07) is 0. The van der Waals surface area contributed by atoms with Crippen molar-refractivity contribution in [2.24, 2.45) is 0 Å².